The second kappa shape index (κ2) is 61.8. The minimum absolute atomic E-state index is 0. The molecule has 6 aliphatic heterocycles. The van der Waals surface area contributed by atoms with Gasteiger partial charge in [-0.3, -0.25) is 24.2 Å². The number of nitrogens with zero attached hydrogens (tertiary/aromatic N) is 9. The van der Waals surface area contributed by atoms with Crippen LogP contribution in [0.25, 0.3) is 96.4 Å². The molecule has 0 unspecified atom stereocenters. The van der Waals surface area contributed by atoms with Crippen molar-refractivity contribution in [2.45, 2.75) is 162 Å². The number of rotatable bonds is 15. The molecular formula is C121H118Ir4N9O9PtS2-3. The minimum atomic E-state index is -0.125. The molecular weight excluding hydrogens is 2750 g/mol. The van der Waals surface area contributed by atoms with Gasteiger partial charge in [0.2, 0.25) is 0 Å². The summed E-state index contributed by atoms with van der Waals surface area (Å²) < 4.78 is 10.1. The molecule has 4 radical (unpaired) electrons. The molecule has 25 heteroatoms. The summed E-state index contributed by atoms with van der Waals surface area (Å²) in [6.45, 7) is 29.9. The van der Waals surface area contributed by atoms with Crippen molar-refractivity contribution in [3.8, 4) is 49.4 Å². The van der Waals surface area contributed by atoms with E-state index in [9.17, 15) is 19.2 Å². The van der Waals surface area contributed by atoms with Crippen LogP contribution in [0.15, 0.2) is 414 Å². The van der Waals surface area contributed by atoms with Gasteiger partial charge >= 0.3 is 0 Å². The van der Waals surface area contributed by atoms with E-state index in [0.29, 0.717) is 6.73 Å². The quantitative estimate of drug-likeness (QED) is 0.0322. The van der Waals surface area contributed by atoms with Crippen molar-refractivity contribution in [2.75, 3.05) is 0 Å². The standard InChI is InChI=1S/C35H42N4.2C15H10N.2C13H8NS.C10H8NO.4C5H8O2.4Ir.Pt/c1-9-21-20(8)28-16-30-22(10-2)23(11-3)32(37-30)18-34-26(14-6)27(15-7)35(39-34)19-33-25(13-5)24(12-4)31(38-33)17-29(21)36-28;1-2-7-13(8-3-1)15-14-9-5-4-6-12(14)10-11-16-15;1-2-6-12(7-3-1)15-11-10-13-8-4-5-9-14(13)16-15;2*1-2-7-12-10(5-1)9-13(15-12)11-6-3-4-8-14-11;1-3-8-4-2-6-11-7-12-9(5-1)10(8)11;4*1-4(6)3-5(2)7;;;;;/h16-19H,9-15H2,1-8H3;1-7,9-11H;1-6,8-11H;2*1-8H;1-6H,7H2;4*3,6H,1-2H3;;;;;/q;4*-1;+1;;;;;;;;;. The van der Waals surface area contributed by atoms with E-state index in [-0.39, 0.29) is 148 Å². The number of aliphatic hydroxyl groups excluding tert-OH is 4. The third-order valence-corrected chi connectivity index (χ3v) is 24.4. The van der Waals surface area contributed by atoms with Gasteiger partial charge in [-0.15, -0.1) is 119 Å². The number of aliphatic imine (C=N–C) groups is 4. The van der Waals surface area contributed by atoms with Gasteiger partial charge in [0.25, 0.3) is 12.2 Å². The number of thiophene rings is 2. The Kier molecular flexibility index (Phi) is 51.8. The fraction of sp³-hybridized carbons (Fsp3) is 0.198. The third kappa shape index (κ3) is 34.9. The van der Waals surface area contributed by atoms with Gasteiger partial charge in [0.1, 0.15) is 0 Å². The van der Waals surface area contributed by atoms with Crippen LogP contribution in [-0.4, -0.2) is 86.3 Å². The maximum Gasteiger partial charge on any atom is 0.293 e. The zero-order chi connectivity index (χ0) is 101. The summed E-state index contributed by atoms with van der Waals surface area (Å²) in [5, 5.41) is 40.6. The van der Waals surface area contributed by atoms with Crippen molar-refractivity contribution in [3.63, 3.8) is 0 Å². The van der Waals surface area contributed by atoms with E-state index in [1.54, 1.807) is 22.7 Å². The molecule has 762 valence electrons. The van der Waals surface area contributed by atoms with Gasteiger partial charge in [0.15, 0.2) is 35.1 Å². The van der Waals surface area contributed by atoms with Gasteiger partial charge in [-0.2, -0.15) is 4.57 Å². The van der Waals surface area contributed by atoms with Gasteiger partial charge in [0.05, 0.1) is 79.6 Å². The van der Waals surface area contributed by atoms with Gasteiger partial charge in [-0.05, 0) is 265 Å². The molecule has 20 rings (SSSR count). The van der Waals surface area contributed by atoms with Crippen molar-refractivity contribution < 1.29 is 150 Å². The summed E-state index contributed by atoms with van der Waals surface area (Å²) in [5.41, 5.74) is 27.2. The van der Waals surface area contributed by atoms with Crippen molar-refractivity contribution in [1.29, 1.82) is 0 Å². The summed E-state index contributed by atoms with van der Waals surface area (Å²) >= 11 is 3.46. The molecule has 0 spiro atoms. The molecule has 4 N–H and O–H groups in total. The summed E-state index contributed by atoms with van der Waals surface area (Å²) in [6.07, 6.45) is 27.7. The van der Waals surface area contributed by atoms with E-state index in [1.807, 2.05) is 183 Å². The molecule has 8 bridgehead atoms. The summed E-state index contributed by atoms with van der Waals surface area (Å²) in [7, 11) is 0. The zero-order valence-electron chi connectivity index (χ0n) is 84.3. The Hall–Kier alpha value is -12.5. The Bertz CT molecular complexity index is 7100. The second-order valence-corrected chi connectivity index (χ2v) is 35.0. The number of hydrogen-bond acceptors (Lipinski definition) is 19. The molecule has 0 aliphatic carbocycles. The monoisotopic (exact) mass is 2870 g/mol. The summed E-state index contributed by atoms with van der Waals surface area (Å²) in [4.78, 5) is 80.9. The van der Waals surface area contributed by atoms with E-state index >= 15 is 0 Å². The number of hydrogen-bond donors (Lipinski definition) is 4. The van der Waals surface area contributed by atoms with E-state index in [1.165, 1.54) is 172 Å². The Morgan fingerprint density at radius 3 is 1.18 bits per heavy atom. The number of pyridine rings is 5. The van der Waals surface area contributed by atoms with Gasteiger partial charge in [-0.25, -0.2) is 42.6 Å². The van der Waals surface area contributed by atoms with Crippen molar-refractivity contribution in [1.82, 2.24) is 19.9 Å². The predicted molar refractivity (Wildman–Crippen MR) is 581 cm³/mol. The van der Waals surface area contributed by atoms with E-state index < -0.39 is 0 Å². The first-order valence-electron chi connectivity index (χ1n) is 47.1. The SMILES string of the molecule is CC(=O)C=C(C)O.CC(=O)C=C(C)O.CC(=O)C=C(C)O.CC(=O)C=C(C)O.CCC1=C(C)C2=CC3=NC(=CC4=NC(=CC5=NC(=CC1=N2)C(CC)=C5CC)C(CC)=C4CC)C(CC)=C3CC.[Ir].[Ir].[Ir].[Ir].[Pt].[c-]1c(-c2ccccn2)sc2ccccc12.[c-]1c(-c2ccccn2)sc2ccccc12.[c-]1ccccc1-c1ccc2ccccc2n1.[c-]1ccccc1-c1nccc2ccccc12.c1cc2c3c(c1)ccc[n+]3CO2. The predicted octanol–water partition coefficient (Wildman–Crippen LogP) is 30.0. The van der Waals surface area contributed by atoms with Crippen LogP contribution in [0, 0.1) is 24.3 Å². The van der Waals surface area contributed by atoms with E-state index in [4.69, 9.17) is 45.1 Å². The fourth-order valence-corrected chi connectivity index (χ4v) is 18.2. The van der Waals surface area contributed by atoms with Crippen LogP contribution in [0.3, 0.4) is 0 Å². The second-order valence-electron chi connectivity index (χ2n) is 32.9. The molecule has 7 aromatic heterocycles. The van der Waals surface area contributed by atoms with Crippen molar-refractivity contribution >= 4 is 121 Å². The van der Waals surface area contributed by atoms with Crippen LogP contribution in [0.4, 0.5) is 0 Å². The molecule has 0 saturated carbocycles. The number of ketones is 4. The zero-order valence-corrected chi connectivity index (χ0v) is 97.8. The molecule has 18 nitrogen and oxygen atoms in total. The van der Waals surface area contributed by atoms with Crippen LogP contribution in [0.2, 0.25) is 0 Å². The smallest absolute Gasteiger partial charge is 0.293 e. The average Bonchev–Trinajstić information content (AvgIpc) is 1.61. The maximum atomic E-state index is 10.0. The molecule has 6 aliphatic rings. The van der Waals surface area contributed by atoms with Crippen molar-refractivity contribution in [3.05, 3.63) is 419 Å². The van der Waals surface area contributed by atoms with Crippen LogP contribution in [0.5, 0.6) is 5.75 Å². The number of carbonyl (C=O) groups excluding carboxylic acids is 4. The maximum absolute atomic E-state index is 10.0. The van der Waals surface area contributed by atoms with E-state index in [2.05, 4.69) is 201 Å². The Morgan fingerprint density at radius 2 is 0.767 bits per heavy atom. The molecule has 7 aromatic carbocycles. The molecule has 13 heterocycles. The van der Waals surface area contributed by atoms with Crippen LogP contribution < -0.4 is 9.30 Å². The molecule has 0 amide bonds. The molecule has 0 fully saturated rings. The van der Waals surface area contributed by atoms with Gasteiger partial charge < -0.3 is 40.1 Å². The van der Waals surface area contributed by atoms with Crippen LogP contribution in [-0.2, 0) is 127 Å². The average molecular weight is 2870 g/mol. The summed E-state index contributed by atoms with van der Waals surface area (Å²) in [5.74, 6) is 0.744. The Labute approximate surface area is 933 Å². The van der Waals surface area contributed by atoms with Crippen LogP contribution >= 0.6 is 22.7 Å². The largest absolute Gasteiger partial charge is 0.512 e. The molecule has 14 aromatic rings. The number of carbonyl (C=O) groups is 4. The Balaban J connectivity index is 0.000000262. The first-order chi connectivity index (χ1) is 68.1. The normalized spacial score (nSPS) is 13.3. The number of allylic oxidation sites excluding steroid dienone is 20. The van der Waals surface area contributed by atoms with Gasteiger partial charge in [0, 0.05) is 162 Å². The Morgan fingerprint density at radius 1 is 0.377 bits per heavy atom. The van der Waals surface area contributed by atoms with Crippen molar-refractivity contribution in [2.24, 2.45) is 20.0 Å². The third-order valence-electron chi connectivity index (χ3n) is 22.2. The summed E-state index contributed by atoms with van der Waals surface area (Å²) in [6, 6.07) is 90.3. The fourth-order valence-electron chi connectivity index (χ4n) is 16.2. The van der Waals surface area contributed by atoms with E-state index in [0.717, 1.165) is 146 Å². The molecule has 146 heavy (non-hydrogen) atoms. The first-order valence-corrected chi connectivity index (χ1v) is 48.7. The number of aliphatic hydroxyl groups is 4. The van der Waals surface area contributed by atoms with Crippen LogP contribution in [0.1, 0.15) is 156 Å². The number of ether oxygens (including phenoxy) is 1. The number of aromatic nitrogens is 5. The van der Waals surface area contributed by atoms with Gasteiger partial charge in [-0.1, -0.05) is 158 Å². The first kappa shape index (κ1) is 122. The topological polar surface area (TPSA) is 263 Å². The number of para-hydroxylation sites is 2. The molecule has 0 saturated heterocycles. The number of benzene rings is 7. The minimum Gasteiger partial charge on any atom is -0.512 e. The number of fused-ring (bicyclic) bond motifs is 8. The molecule has 0 atom stereocenters.